The van der Waals surface area contributed by atoms with Gasteiger partial charge < -0.3 is 15.1 Å². The Bertz CT molecular complexity index is 749. The third-order valence-corrected chi connectivity index (χ3v) is 5.00. The molecule has 2 N–H and O–H groups in total. The zero-order valence-electron chi connectivity index (χ0n) is 15.9. The maximum Gasteiger partial charge on any atom is 0.287 e. The van der Waals surface area contributed by atoms with Gasteiger partial charge in [0.05, 0.1) is 12.3 Å². The van der Waals surface area contributed by atoms with Gasteiger partial charge in [-0.15, -0.1) is 0 Å². The normalized spacial score (nSPS) is 16.7. The van der Waals surface area contributed by atoms with E-state index >= 15 is 0 Å². The predicted octanol–water partition coefficient (Wildman–Crippen LogP) is 2.66. The summed E-state index contributed by atoms with van der Waals surface area (Å²) in [4.78, 5) is 26.9. The van der Waals surface area contributed by atoms with Gasteiger partial charge in [0.15, 0.2) is 5.76 Å². The Labute approximate surface area is 159 Å². The Balaban J connectivity index is 1.59. The highest BCUT2D eigenvalue weighted by Crippen LogP contribution is 2.24. The number of benzene rings is 1. The van der Waals surface area contributed by atoms with Crippen molar-refractivity contribution in [1.82, 2.24) is 15.5 Å². The Morgan fingerprint density at radius 1 is 1.15 bits per heavy atom. The molecule has 2 aromatic rings. The van der Waals surface area contributed by atoms with Crippen LogP contribution in [0.5, 0.6) is 0 Å². The molecule has 0 unspecified atom stereocenters. The fourth-order valence-corrected chi connectivity index (χ4v) is 3.39. The van der Waals surface area contributed by atoms with Gasteiger partial charge in [0.1, 0.15) is 6.04 Å². The molecule has 0 aliphatic carbocycles. The fourth-order valence-electron chi connectivity index (χ4n) is 3.39. The van der Waals surface area contributed by atoms with E-state index in [2.05, 4.69) is 46.7 Å². The van der Waals surface area contributed by atoms with Crippen LogP contribution in [0, 0.1) is 6.92 Å². The molecular formula is C21H27N3O3. The first kappa shape index (κ1) is 19.2. The summed E-state index contributed by atoms with van der Waals surface area (Å²) in [5, 5.41) is 5.66. The highest BCUT2D eigenvalue weighted by Gasteiger charge is 2.25. The van der Waals surface area contributed by atoms with Crippen LogP contribution in [-0.2, 0) is 4.79 Å². The molecule has 2 atom stereocenters. The highest BCUT2D eigenvalue weighted by molar-refractivity contribution is 5.95. The topological polar surface area (TPSA) is 74.6 Å². The molecule has 2 heterocycles. The van der Waals surface area contributed by atoms with Crippen LogP contribution in [0.4, 0.5) is 0 Å². The Kier molecular flexibility index (Phi) is 6.29. The van der Waals surface area contributed by atoms with E-state index in [1.165, 1.54) is 30.2 Å². The Morgan fingerprint density at radius 3 is 2.48 bits per heavy atom. The minimum absolute atomic E-state index is 0.144. The highest BCUT2D eigenvalue weighted by atomic mass is 16.3. The number of hydrogen-bond acceptors (Lipinski definition) is 4. The number of hydrogen-bond donors (Lipinski definition) is 2. The first-order chi connectivity index (χ1) is 13.0. The number of rotatable bonds is 7. The van der Waals surface area contributed by atoms with Gasteiger partial charge in [0.2, 0.25) is 5.91 Å². The first-order valence-electron chi connectivity index (χ1n) is 9.47. The van der Waals surface area contributed by atoms with Gasteiger partial charge in [-0.05, 0) is 57.5 Å². The molecule has 27 heavy (non-hydrogen) atoms. The molecule has 0 radical (unpaired) electrons. The lowest BCUT2D eigenvalue weighted by Crippen LogP contribution is -2.47. The molecule has 1 aromatic heterocycles. The van der Waals surface area contributed by atoms with Crippen LogP contribution in [0.25, 0.3) is 0 Å². The van der Waals surface area contributed by atoms with Gasteiger partial charge in [-0.3, -0.25) is 14.5 Å². The van der Waals surface area contributed by atoms with Crippen LogP contribution in [0.1, 0.15) is 47.5 Å². The van der Waals surface area contributed by atoms with Crippen molar-refractivity contribution in [3.05, 3.63) is 59.5 Å². The van der Waals surface area contributed by atoms with Gasteiger partial charge in [-0.25, -0.2) is 0 Å². The van der Waals surface area contributed by atoms with Crippen molar-refractivity contribution in [1.29, 1.82) is 0 Å². The maximum atomic E-state index is 12.5. The lowest BCUT2D eigenvalue weighted by Gasteiger charge is -2.29. The number of amides is 2. The summed E-state index contributed by atoms with van der Waals surface area (Å²) in [7, 11) is 0. The molecule has 2 amide bonds. The lowest BCUT2D eigenvalue weighted by molar-refractivity contribution is -0.122. The molecule has 0 spiro atoms. The number of carbonyl (C=O) groups is 2. The average molecular weight is 369 g/mol. The predicted molar refractivity (Wildman–Crippen MR) is 103 cm³/mol. The zero-order valence-corrected chi connectivity index (χ0v) is 15.9. The molecule has 1 aliphatic heterocycles. The second-order valence-electron chi connectivity index (χ2n) is 7.09. The van der Waals surface area contributed by atoms with Gasteiger partial charge in [-0.1, -0.05) is 29.8 Å². The Hall–Kier alpha value is -2.60. The van der Waals surface area contributed by atoms with E-state index in [1.807, 2.05) is 0 Å². The molecule has 1 aromatic carbocycles. The number of furan rings is 1. The molecule has 1 saturated heterocycles. The van der Waals surface area contributed by atoms with E-state index in [0.717, 1.165) is 13.1 Å². The lowest BCUT2D eigenvalue weighted by atomic mass is 10.0. The van der Waals surface area contributed by atoms with Crippen LogP contribution in [-0.4, -0.2) is 42.4 Å². The zero-order chi connectivity index (χ0) is 19.2. The van der Waals surface area contributed by atoms with Gasteiger partial charge in [-0.2, -0.15) is 0 Å². The van der Waals surface area contributed by atoms with Gasteiger partial charge >= 0.3 is 0 Å². The number of likely N-dealkylation sites (tertiary alicyclic amines) is 1. The molecular weight excluding hydrogens is 342 g/mol. The van der Waals surface area contributed by atoms with Crippen molar-refractivity contribution in [3.8, 4) is 0 Å². The molecule has 144 valence electrons. The third kappa shape index (κ3) is 4.98. The Morgan fingerprint density at radius 2 is 1.85 bits per heavy atom. The summed E-state index contributed by atoms with van der Waals surface area (Å²) in [6.07, 6.45) is 3.81. The van der Waals surface area contributed by atoms with E-state index in [-0.39, 0.29) is 17.7 Å². The van der Waals surface area contributed by atoms with Crippen LogP contribution >= 0.6 is 0 Å². The SMILES string of the molecule is Cc1ccc([C@H](CNC(=O)[C@@H](C)NC(=O)c2ccco2)N2CCCC2)cc1. The second kappa shape index (κ2) is 8.86. The van der Waals surface area contributed by atoms with Crippen LogP contribution in [0.2, 0.25) is 0 Å². The summed E-state index contributed by atoms with van der Waals surface area (Å²) < 4.78 is 5.06. The average Bonchev–Trinajstić information content (AvgIpc) is 3.37. The molecule has 0 saturated carbocycles. The van der Waals surface area contributed by atoms with E-state index in [9.17, 15) is 9.59 Å². The fraction of sp³-hybridized carbons (Fsp3) is 0.429. The summed E-state index contributed by atoms with van der Waals surface area (Å²) in [6.45, 7) is 6.34. The van der Waals surface area contributed by atoms with Crippen molar-refractivity contribution in [2.24, 2.45) is 0 Å². The molecule has 3 rings (SSSR count). The smallest absolute Gasteiger partial charge is 0.287 e. The van der Waals surface area contributed by atoms with E-state index in [0.29, 0.717) is 6.54 Å². The summed E-state index contributed by atoms with van der Waals surface area (Å²) in [5.74, 6) is -0.396. The molecule has 0 bridgehead atoms. The van der Waals surface area contributed by atoms with Crippen molar-refractivity contribution < 1.29 is 14.0 Å². The number of aryl methyl sites for hydroxylation is 1. The van der Waals surface area contributed by atoms with Crippen molar-refractivity contribution in [2.45, 2.75) is 38.8 Å². The maximum absolute atomic E-state index is 12.5. The van der Waals surface area contributed by atoms with Crippen LogP contribution in [0.3, 0.4) is 0 Å². The van der Waals surface area contributed by atoms with Crippen LogP contribution < -0.4 is 10.6 Å². The number of nitrogens with one attached hydrogen (secondary N) is 2. The van der Waals surface area contributed by atoms with Crippen molar-refractivity contribution in [2.75, 3.05) is 19.6 Å². The molecule has 1 aliphatic rings. The van der Waals surface area contributed by atoms with Crippen molar-refractivity contribution in [3.63, 3.8) is 0 Å². The third-order valence-electron chi connectivity index (χ3n) is 5.00. The minimum atomic E-state index is -0.639. The van der Waals surface area contributed by atoms with Gasteiger partial charge in [0.25, 0.3) is 5.91 Å². The summed E-state index contributed by atoms with van der Waals surface area (Å²) in [6, 6.07) is 11.2. The van der Waals surface area contributed by atoms with E-state index in [1.54, 1.807) is 19.1 Å². The van der Waals surface area contributed by atoms with E-state index < -0.39 is 11.9 Å². The summed E-state index contributed by atoms with van der Waals surface area (Å²) in [5.41, 5.74) is 2.42. The summed E-state index contributed by atoms with van der Waals surface area (Å²) >= 11 is 0. The first-order valence-corrected chi connectivity index (χ1v) is 9.47. The standard InChI is InChI=1S/C21H27N3O3/c1-15-7-9-17(10-8-15)18(24-11-3-4-12-24)14-22-20(25)16(2)23-21(26)19-6-5-13-27-19/h5-10,13,16,18H,3-4,11-12,14H2,1-2H3,(H,22,25)(H,23,26)/t16-,18+/m1/s1. The molecule has 1 fully saturated rings. The van der Waals surface area contributed by atoms with Crippen molar-refractivity contribution >= 4 is 11.8 Å². The van der Waals surface area contributed by atoms with Gasteiger partial charge in [0, 0.05) is 6.54 Å². The molecule has 6 heteroatoms. The minimum Gasteiger partial charge on any atom is -0.459 e. The van der Waals surface area contributed by atoms with E-state index in [4.69, 9.17) is 4.42 Å². The molecule has 6 nitrogen and oxygen atoms in total. The number of nitrogens with zero attached hydrogens (tertiary/aromatic N) is 1. The largest absolute Gasteiger partial charge is 0.459 e. The second-order valence-corrected chi connectivity index (χ2v) is 7.09. The van der Waals surface area contributed by atoms with Crippen LogP contribution in [0.15, 0.2) is 47.1 Å². The monoisotopic (exact) mass is 369 g/mol. The number of carbonyl (C=O) groups excluding carboxylic acids is 2. The quantitative estimate of drug-likeness (QED) is 0.787.